The van der Waals surface area contributed by atoms with Crippen molar-refractivity contribution in [2.24, 2.45) is 0 Å². The van der Waals surface area contributed by atoms with Crippen molar-refractivity contribution in [3.05, 3.63) is 143 Å². The lowest BCUT2D eigenvalue weighted by atomic mass is 10.0. The number of hydrogen-bond donors (Lipinski definition) is 7. The highest BCUT2D eigenvalue weighted by Crippen LogP contribution is 2.28. The smallest absolute Gasteiger partial charge is 0.222 e. The fourth-order valence-corrected chi connectivity index (χ4v) is 9.13. The monoisotopic (exact) mass is 930 g/mol. The number of aromatic nitrogens is 9. The van der Waals surface area contributed by atoms with Gasteiger partial charge < -0.3 is 52.0 Å². The highest BCUT2D eigenvalue weighted by Gasteiger charge is 2.19. The van der Waals surface area contributed by atoms with E-state index in [4.69, 9.17) is 17.2 Å². The van der Waals surface area contributed by atoms with Gasteiger partial charge in [0.15, 0.2) is 17.5 Å². The molecule has 9 aromatic rings. The molecule has 3 aromatic carbocycles. The summed E-state index contributed by atoms with van der Waals surface area (Å²) in [5.41, 5.74) is 28.5. The summed E-state index contributed by atoms with van der Waals surface area (Å²) >= 11 is 0. The number of benzene rings is 3. The molecule has 17 heteroatoms. The fourth-order valence-electron chi connectivity index (χ4n) is 9.13. The van der Waals surface area contributed by atoms with Crippen molar-refractivity contribution >= 4 is 68.4 Å². The lowest BCUT2D eigenvalue weighted by Crippen LogP contribution is -2.26. The minimum atomic E-state index is -0.403. The zero-order valence-corrected chi connectivity index (χ0v) is 39.0. The summed E-state index contributed by atoms with van der Waals surface area (Å²) < 4.78 is 21.5. The molecule has 6 aromatic heterocycles. The van der Waals surface area contributed by atoms with Crippen LogP contribution in [0.4, 0.5) is 39.7 Å². The van der Waals surface area contributed by atoms with Gasteiger partial charge in [-0.2, -0.15) is 15.0 Å². The van der Waals surface area contributed by atoms with Gasteiger partial charge in [-0.1, -0.05) is 74.0 Å². The van der Waals surface area contributed by atoms with Crippen molar-refractivity contribution in [1.29, 1.82) is 0 Å². The van der Waals surface area contributed by atoms with Crippen LogP contribution in [0.15, 0.2) is 110 Å². The van der Waals surface area contributed by atoms with Crippen molar-refractivity contribution in [2.75, 3.05) is 52.8 Å². The quantitative estimate of drug-likeness (QED) is 0.0301. The number of aliphatic hydroxyl groups is 1. The average Bonchev–Trinajstić information content (AvgIpc) is 4.07. The number of nitrogen functional groups attached to an aromatic ring is 3. The van der Waals surface area contributed by atoms with Crippen LogP contribution in [0.25, 0.3) is 33.1 Å². The van der Waals surface area contributed by atoms with Crippen LogP contribution in [-0.2, 0) is 38.9 Å². The topological polar surface area (TPSA) is 227 Å². The third-order valence-corrected chi connectivity index (χ3v) is 12.5. The number of hydrogen-bond acceptors (Lipinski definition) is 13. The summed E-state index contributed by atoms with van der Waals surface area (Å²) in [6.45, 7) is 5.25. The summed E-state index contributed by atoms with van der Waals surface area (Å²) in [4.78, 5) is 27.2. The summed E-state index contributed by atoms with van der Waals surface area (Å²) in [5.74, 6) is 2.19. The first-order valence-electron chi connectivity index (χ1n) is 23.8. The second kappa shape index (κ2) is 21.4. The molecule has 0 saturated carbocycles. The Morgan fingerprint density at radius 2 is 1.13 bits per heavy atom. The number of aryl methyl sites for hydroxylation is 4. The van der Waals surface area contributed by atoms with E-state index in [0.29, 0.717) is 43.1 Å². The number of fused-ring (bicyclic) bond motifs is 3. The SMILES string of the molecule is CCCCNc1nc(N)nc2ccn(Cc3cc(F)cc(CC[C@@H](CO)Nc4nc(N)nc5ccn(Cc6ccccc6CCCCNc6nc(N)nc7ccn(CCc8ccccc8)c67)c45)c3)c12. The summed E-state index contributed by atoms with van der Waals surface area (Å²) in [6, 6.07) is 29.5. The molecule has 0 spiro atoms. The van der Waals surface area contributed by atoms with Crippen LogP contribution < -0.4 is 33.2 Å². The highest BCUT2D eigenvalue weighted by molar-refractivity contribution is 5.89. The van der Waals surface area contributed by atoms with E-state index >= 15 is 4.39 Å². The molecule has 1 atom stereocenters. The Bertz CT molecular complexity index is 3160. The summed E-state index contributed by atoms with van der Waals surface area (Å²) in [6.07, 6.45) is 12.7. The van der Waals surface area contributed by atoms with Crippen LogP contribution in [0.5, 0.6) is 0 Å². The molecule has 6 heterocycles. The molecule has 69 heavy (non-hydrogen) atoms. The van der Waals surface area contributed by atoms with Gasteiger partial charge in [0.05, 0.1) is 29.2 Å². The van der Waals surface area contributed by atoms with E-state index in [0.717, 1.165) is 103 Å². The van der Waals surface area contributed by atoms with E-state index in [-0.39, 0.29) is 30.3 Å². The Kier molecular flexibility index (Phi) is 14.4. The number of nitrogens with two attached hydrogens (primary N) is 3. The minimum absolute atomic E-state index is 0.128. The number of unbranched alkanes of at least 4 members (excludes halogenated alkanes) is 2. The van der Waals surface area contributed by atoms with Crippen LogP contribution in [0.3, 0.4) is 0 Å². The Morgan fingerprint density at radius 3 is 1.80 bits per heavy atom. The zero-order chi connectivity index (χ0) is 47.7. The predicted octanol–water partition coefficient (Wildman–Crippen LogP) is 8.20. The molecule has 0 bridgehead atoms. The van der Waals surface area contributed by atoms with Crippen molar-refractivity contribution in [3.8, 4) is 0 Å². The maximum atomic E-state index is 15.2. The van der Waals surface area contributed by atoms with Gasteiger partial charge in [0.2, 0.25) is 17.8 Å². The number of anilines is 6. The Labute approximate surface area is 400 Å². The van der Waals surface area contributed by atoms with Gasteiger partial charge in [-0.3, -0.25) is 0 Å². The zero-order valence-electron chi connectivity index (χ0n) is 39.0. The largest absolute Gasteiger partial charge is 0.394 e. The van der Waals surface area contributed by atoms with Crippen molar-refractivity contribution < 1.29 is 9.50 Å². The van der Waals surface area contributed by atoms with E-state index < -0.39 is 6.04 Å². The Morgan fingerprint density at radius 1 is 0.565 bits per heavy atom. The first-order chi connectivity index (χ1) is 33.7. The molecule has 0 saturated heterocycles. The van der Waals surface area contributed by atoms with Gasteiger partial charge in [-0.15, -0.1) is 0 Å². The van der Waals surface area contributed by atoms with Crippen molar-refractivity contribution in [3.63, 3.8) is 0 Å². The Hall–Kier alpha value is -7.79. The second-order valence-electron chi connectivity index (χ2n) is 17.6. The molecule has 0 radical (unpaired) electrons. The van der Waals surface area contributed by atoms with E-state index in [1.165, 1.54) is 16.7 Å². The first-order valence-corrected chi connectivity index (χ1v) is 23.8. The lowest BCUT2D eigenvalue weighted by molar-refractivity contribution is 0.269. The van der Waals surface area contributed by atoms with E-state index in [1.807, 2.05) is 47.3 Å². The Balaban J connectivity index is 0.837. The third kappa shape index (κ3) is 11.2. The first kappa shape index (κ1) is 46.3. The predicted molar refractivity (Wildman–Crippen MR) is 275 cm³/mol. The number of halogens is 1. The highest BCUT2D eigenvalue weighted by atomic mass is 19.1. The van der Waals surface area contributed by atoms with Crippen LogP contribution in [0.1, 0.15) is 66.8 Å². The van der Waals surface area contributed by atoms with Crippen molar-refractivity contribution in [1.82, 2.24) is 43.6 Å². The number of nitrogens with one attached hydrogen (secondary N) is 3. The van der Waals surface area contributed by atoms with Crippen LogP contribution >= 0.6 is 0 Å². The molecule has 356 valence electrons. The number of nitrogens with zero attached hydrogens (tertiary/aromatic N) is 9. The maximum absolute atomic E-state index is 15.2. The molecule has 0 aliphatic heterocycles. The van der Waals surface area contributed by atoms with Gasteiger partial charge in [0.25, 0.3) is 0 Å². The molecule has 10 N–H and O–H groups in total. The minimum Gasteiger partial charge on any atom is -0.394 e. The number of rotatable bonds is 23. The van der Waals surface area contributed by atoms with Crippen LogP contribution in [-0.4, -0.2) is 74.4 Å². The van der Waals surface area contributed by atoms with Crippen molar-refractivity contribution in [2.45, 2.75) is 84.0 Å². The summed E-state index contributed by atoms with van der Waals surface area (Å²) in [5, 5.41) is 21.1. The van der Waals surface area contributed by atoms with Gasteiger partial charge in [0, 0.05) is 51.3 Å². The van der Waals surface area contributed by atoms with E-state index in [9.17, 15) is 5.11 Å². The molecule has 0 aliphatic rings. The molecular formula is C52H60FN15O. The molecule has 0 fully saturated rings. The standard InChI is InChI=1S/C52H60FN15O/c1-2-3-22-57-48-45-42(61-51(55)64-48)20-26-67(45)31-36-28-35(29-39(53)30-36)16-17-40(33-69)59-49-46-43(62-52(56)65-49)21-27-68(46)32-38-15-8-7-13-37(38)14-9-10-23-58-47-44-41(60-50(54)63-47)19-25-66(44)24-18-34-11-5-4-6-12-34/h4-8,11-13,15,19-21,25-30,40,69H,2-3,9-10,14,16-18,22-24,31-33H2,1H3,(H3,54,58,60,63)(H3,55,57,61,64)(H3,56,59,62,65)/t40-/m0/s1. The van der Waals surface area contributed by atoms with Crippen LogP contribution in [0, 0.1) is 5.82 Å². The number of aliphatic hydroxyl groups excluding tert-OH is 1. The lowest BCUT2D eigenvalue weighted by Gasteiger charge is -2.19. The maximum Gasteiger partial charge on any atom is 0.222 e. The second-order valence-corrected chi connectivity index (χ2v) is 17.6. The van der Waals surface area contributed by atoms with E-state index in [2.05, 4.69) is 117 Å². The average molecular weight is 930 g/mol. The normalized spacial score (nSPS) is 12.0. The molecule has 0 aliphatic carbocycles. The molecule has 0 unspecified atom stereocenters. The van der Waals surface area contributed by atoms with Gasteiger partial charge >= 0.3 is 0 Å². The third-order valence-electron chi connectivity index (χ3n) is 12.5. The van der Waals surface area contributed by atoms with Gasteiger partial charge in [0.1, 0.15) is 22.4 Å². The van der Waals surface area contributed by atoms with Crippen LogP contribution in [0.2, 0.25) is 0 Å². The van der Waals surface area contributed by atoms with Gasteiger partial charge in [-0.05, 0) is 103 Å². The van der Waals surface area contributed by atoms with E-state index in [1.54, 1.807) is 12.1 Å². The molecular weight excluding hydrogens is 870 g/mol. The molecule has 16 nitrogen and oxygen atoms in total. The summed E-state index contributed by atoms with van der Waals surface area (Å²) in [7, 11) is 0. The fraction of sp³-hybridized carbons (Fsp3) is 0.308. The molecule has 9 rings (SSSR count). The molecule has 0 amide bonds. The van der Waals surface area contributed by atoms with Gasteiger partial charge in [-0.25, -0.2) is 19.3 Å².